The molecule has 21 heavy (non-hydrogen) atoms. The Bertz CT molecular complexity index is 714. The molecule has 0 atom stereocenters. The third kappa shape index (κ3) is 3.24. The zero-order chi connectivity index (χ0) is 15.6. The highest BCUT2D eigenvalue weighted by Crippen LogP contribution is 2.35. The number of carboxylic acid groups (broad SMARTS) is 1. The number of hydrogen-bond acceptors (Lipinski definition) is 4. The number of aromatic carboxylic acids is 1. The lowest BCUT2D eigenvalue weighted by Gasteiger charge is -2.11. The first-order chi connectivity index (χ1) is 9.88. The smallest absolute Gasteiger partial charge is 0.339 e. The number of amides is 1. The molecule has 2 rings (SSSR count). The fourth-order valence-electron chi connectivity index (χ4n) is 1.68. The zero-order valence-corrected chi connectivity index (χ0v) is 11.4. The number of primary amides is 1. The summed E-state index contributed by atoms with van der Waals surface area (Å²) in [7, 11) is 0. The number of nitrogen functional groups attached to an aromatic ring is 1. The van der Waals surface area contributed by atoms with Crippen molar-refractivity contribution in [1.82, 2.24) is 0 Å². The molecule has 0 radical (unpaired) electrons. The molecule has 0 saturated carbocycles. The minimum atomic E-state index is -1.21. The van der Waals surface area contributed by atoms with Crippen LogP contribution in [0.3, 0.4) is 0 Å². The molecule has 0 aliphatic rings. The van der Waals surface area contributed by atoms with E-state index in [1.165, 1.54) is 36.4 Å². The number of halogens is 1. The molecule has 0 aliphatic carbocycles. The standard InChI is InChI=1S/C14H11ClN2O4/c15-11-6-8(16)5-10(14(19)20)12(11)21-9-3-1-7(2-4-9)13(17)18/h1-6H,16H2,(H2,17,18)(H,19,20). The average Bonchev–Trinajstić information content (AvgIpc) is 2.41. The molecule has 0 aliphatic heterocycles. The van der Waals surface area contributed by atoms with Crippen molar-refractivity contribution in [3.8, 4) is 11.5 Å². The van der Waals surface area contributed by atoms with Crippen molar-refractivity contribution in [2.45, 2.75) is 0 Å². The van der Waals surface area contributed by atoms with Gasteiger partial charge in [0.1, 0.15) is 11.3 Å². The van der Waals surface area contributed by atoms with Gasteiger partial charge in [-0.05, 0) is 36.4 Å². The van der Waals surface area contributed by atoms with Crippen LogP contribution in [0, 0.1) is 0 Å². The van der Waals surface area contributed by atoms with Gasteiger partial charge in [-0.25, -0.2) is 4.79 Å². The first-order valence-corrected chi connectivity index (χ1v) is 6.16. The molecule has 2 aromatic carbocycles. The SMILES string of the molecule is NC(=O)c1ccc(Oc2c(Cl)cc(N)cc2C(=O)O)cc1. The molecule has 6 nitrogen and oxygen atoms in total. The van der Waals surface area contributed by atoms with Crippen molar-refractivity contribution < 1.29 is 19.4 Å². The number of hydrogen-bond donors (Lipinski definition) is 3. The lowest BCUT2D eigenvalue weighted by atomic mass is 10.1. The van der Waals surface area contributed by atoms with Crippen LogP contribution in [-0.4, -0.2) is 17.0 Å². The van der Waals surface area contributed by atoms with E-state index in [-0.39, 0.29) is 22.0 Å². The summed E-state index contributed by atoms with van der Waals surface area (Å²) in [6, 6.07) is 8.53. The van der Waals surface area contributed by atoms with E-state index in [9.17, 15) is 9.59 Å². The second-order valence-electron chi connectivity index (χ2n) is 4.18. The highest BCUT2D eigenvalue weighted by atomic mass is 35.5. The zero-order valence-electron chi connectivity index (χ0n) is 10.7. The van der Waals surface area contributed by atoms with Crippen LogP contribution in [0.25, 0.3) is 0 Å². The average molecular weight is 307 g/mol. The van der Waals surface area contributed by atoms with Crippen molar-refractivity contribution in [3.63, 3.8) is 0 Å². The van der Waals surface area contributed by atoms with Gasteiger partial charge in [-0.1, -0.05) is 11.6 Å². The molecular weight excluding hydrogens is 296 g/mol. The normalized spacial score (nSPS) is 10.1. The third-order valence-corrected chi connectivity index (χ3v) is 2.94. The van der Waals surface area contributed by atoms with E-state index in [2.05, 4.69) is 0 Å². The Morgan fingerprint density at radius 1 is 1.14 bits per heavy atom. The van der Waals surface area contributed by atoms with Crippen molar-refractivity contribution in [1.29, 1.82) is 0 Å². The lowest BCUT2D eigenvalue weighted by Crippen LogP contribution is -2.10. The molecular formula is C14H11ClN2O4. The Balaban J connectivity index is 2.39. The Kier molecular flexibility index (Phi) is 4.00. The van der Waals surface area contributed by atoms with Gasteiger partial charge in [0.15, 0.2) is 5.75 Å². The number of carboxylic acids is 1. The van der Waals surface area contributed by atoms with E-state index in [1.54, 1.807) is 0 Å². The van der Waals surface area contributed by atoms with Crippen LogP contribution in [-0.2, 0) is 0 Å². The summed E-state index contributed by atoms with van der Waals surface area (Å²) in [6.45, 7) is 0. The van der Waals surface area contributed by atoms with Crippen LogP contribution in [0.15, 0.2) is 36.4 Å². The van der Waals surface area contributed by atoms with Gasteiger partial charge in [-0.3, -0.25) is 4.79 Å². The molecule has 0 saturated heterocycles. The van der Waals surface area contributed by atoms with E-state index in [4.69, 9.17) is 32.9 Å². The fourth-order valence-corrected chi connectivity index (χ4v) is 1.95. The van der Waals surface area contributed by atoms with Crippen LogP contribution < -0.4 is 16.2 Å². The maximum Gasteiger partial charge on any atom is 0.339 e. The van der Waals surface area contributed by atoms with E-state index in [1.807, 2.05) is 0 Å². The fraction of sp³-hybridized carbons (Fsp3) is 0. The van der Waals surface area contributed by atoms with E-state index in [0.29, 0.717) is 11.3 Å². The predicted octanol–water partition coefficient (Wildman–Crippen LogP) is 2.51. The summed E-state index contributed by atoms with van der Waals surface area (Å²) in [5, 5.41) is 9.23. The molecule has 0 unspecified atom stereocenters. The van der Waals surface area contributed by atoms with Crippen molar-refractivity contribution in [3.05, 3.63) is 52.5 Å². The lowest BCUT2D eigenvalue weighted by molar-refractivity contribution is 0.0694. The van der Waals surface area contributed by atoms with Crippen LogP contribution in [0.4, 0.5) is 5.69 Å². The van der Waals surface area contributed by atoms with Gasteiger partial charge in [0.25, 0.3) is 0 Å². The molecule has 2 aromatic rings. The minimum Gasteiger partial charge on any atom is -0.478 e. The molecule has 0 spiro atoms. The highest BCUT2D eigenvalue weighted by Gasteiger charge is 2.17. The second-order valence-corrected chi connectivity index (χ2v) is 4.58. The topological polar surface area (TPSA) is 116 Å². The highest BCUT2D eigenvalue weighted by molar-refractivity contribution is 6.33. The van der Waals surface area contributed by atoms with Gasteiger partial charge in [-0.15, -0.1) is 0 Å². The molecule has 108 valence electrons. The van der Waals surface area contributed by atoms with Crippen molar-refractivity contribution in [2.24, 2.45) is 5.73 Å². The van der Waals surface area contributed by atoms with Crippen LogP contribution >= 0.6 is 11.6 Å². The van der Waals surface area contributed by atoms with Gasteiger partial charge in [0.05, 0.1) is 5.02 Å². The quantitative estimate of drug-likeness (QED) is 0.750. The monoisotopic (exact) mass is 306 g/mol. The molecule has 0 heterocycles. The summed E-state index contributed by atoms with van der Waals surface area (Å²) >= 11 is 5.97. The van der Waals surface area contributed by atoms with Crippen molar-refractivity contribution in [2.75, 3.05) is 5.73 Å². The van der Waals surface area contributed by atoms with Crippen LogP contribution in [0.1, 0.15) is 20.7 Å². The maximum atomic E-state index is 11.2. The largest absolute Gasteiger partial charge is 0.478 e. The van der Waals surface area contributed by atoms with Gasteiger partial charge in [-0.2, -0.15) is 0 Å². The third-order valence-electron chi connectivity index (χ3n) is 2.66. The molecule has 0 bridgehead atoms. The Labute approximate surface area is 124 Å². The molecule has 0 aromatic heterocycles. The van der Waals surface area contributed by atoms with Crippen molar-refractivity contribution >= 4 is 29.2 Å². The summed E-state index contributed by atoms with van der Waals surface area (Å²) in [5.41, 5.74) is 11.1. The number of rotatable bonds is 4. The number of ether oxygens (including phenoxy) is 1. The molecule has 5 N–H and O–H groups in total. The number of nitrogens with two attached hydrogens (primary N) is 2. The predicted molar refractivity (Wildman–Crippen MR) is 77.9 cm³/mol. The van der Waals surface area contributed by atoms with Gasteiger partial charge >= 0.3 is 5.97 Å². The Morgan fingerprint density at radius 2 is 1.76 bits per heavy atom. The van der Waals surface area contributed by atoms with Crippen LogP contribution in [0.2, 0.25) is 5.02 Å². The molecule has 7 heteroatoms. The summed E-state index contributed by atoms with van der Waals surface area (Å²) in [6.07, 6.45) is 0. The first kappa shape index (κ1) is 14.7. The number of carbonyl (C=O) groups excluding carboxylic acids is 1. The van der Waals surface area contributed by atoms with Gasteiger partial charge < -0.3 is 21.3 Å². The van der Waals surface area contributed by atoms with E-state index < -0.39 is 11.9 Å². The molecule has 0 fully saturated rings. The molecule has 1 amide bonds. The number of benzene rings is 2. The van der Waals surface area contributed by atoms with E-state index in [0.717, 1.165) is 0 Å². The maximum absolute atomic E-state index is 11.2. The van der Waals surface area contributed by atoms with Gasteiger partial charge in [0.2, 0.25) is 5.91 Å². The summed E-state index contributed by atoms with van der Waals surface area (Å²) in [5.74, 6) is -1.49. The minimum absolute atomic E-state index is 0.0230. The van der Waals surface area contributed by atoms with E-state index >= 15 is 0 Å². The van der Waals surface area contributed by atoms with Crippen LogP contribution in [0.5, 0.6) is 11.5 Å². The van der Waals surface area contributed by atoms with Gasteiger partial charge in [0, 0.05) is 11.3 Å². The number of carbonyl (C=O) groups is 2. The summed E-state index contributed by atoms with van der Waals surface area (Å²) < 4.78 is 5.47. The number of anilines is 1. The Hall–Kier alpha value is -2.73. The second kappa shape index (κ2) is 5.72. The first-order valence-electron chi connectivity index (χ1n) is 5.78. The summed E-state index contributed by atoms with van der Waals surface area (Å²) in [4.78, 5) is 22.2. The Morgan fingerprint density at radius 3 is 2.29 bits per heavy atom.